The molecule has 142 valence electrons. The number of amides is 1. The molecule has 3 aromatic heterocycles. The van der Waals surface area contributed by atoms with Crippen LogP contribution in [-0.2, 0) is 25.4 Å². The first kappa shape index (κ1) is 17.8. The molecule has 0 saturated heterocycles. The van der Waals surface area contributed by atoms with Gasteiger partial charge >= 0.3 is 5.69 Å². The summed E-state index contributed by atoms with van der Waals surface area (Å²) < 4.78 is 7.49. The maximum atomic E-state index is 12.6. The molecule has 1 N–H and O–H groups in total. The Balaban J connectivity index is 1.58. The smallest absolute Gasteiger partial charge is 0.328 e. The lowest BCUT2D eigenvalue weighted by atomic mass is 10.1. The molecular formula is C17H15N7O3S. The monoisotopic (exact) mass is 397 g/mol. The van der Waals surface area contributed by atoms with Crippen molar-refractivity contribution in [2.45, 2.75) is 6.54 Å². The summed E-state index contributed by atoms with van der Waals surface area (Å²) in [6.45, 7) is -0.398. The number of benzene rings is 1. The van der Waals surface area contributed by atoms with Crippen LogP contribution in [0.4, 0.5) is 5.69 Å². The summed E-state index contributed by atoms with van der Waals surface area (Å²) in [6.07, 6.45) is 1.45. The third-order valence-electron chi connectivity index (χ3n) is 4.33. The number of aryl methyl sites for hydroxylation is 2. The van der Waals surface area contributed by atoms with Crippen molar-refractivity contribution in [3.8, 4) is 11.3 Å². The van der Waals surface area contributed by atoms with Gasteiger partial charge in [-0.3, -0.25) is 14.2 Å². The van der Waals surface area contributed by atoms with E-state index in [4.69, 9.17) is 0 Å². The van der Waals surface area contributed by atoms with Gasteiger partial charge < -0.3 is 9.88 Å². The van der Waals surface area contributed by atoms with Gasteiger partial charge in [-0.2, -0.15) is 0 Å². The third-order valence-corrected chi connectivity index (χ3v) is 4.83. The number of anilines is 1. The predicted molar refractivity (Wildman–Crippen MR) is 104 cm³/mol. The fourth-order valence-electron chi connectivity index (χ4n) is 2.89. The first-order valence-electron chi connectivity index (χ1n) is 8.24. The normalized spacial score (nSPS) is 11.1. The average molecular weight is 397 g/mol. The molecule has 4 aromatic rings. The molecule has 0 spiro atoms. The van der Waals surface area contributed by atoms with Crippen molar-refractivity contribution in [1.29, 1.82) is 0 Å². The minimum atomic E-state index is -0.599. The van der Waals surface area contributed by atoms with E-state index in [-0.39, 0.29) is 11.2 Å². The first-order chi connectivity index (χ1) is 13.5. The number of carbonyl (C=O) groups excluding carboxylic acids is 1. The highest BCUT2D eigenvalue weighted by molar-refractivity contribution is 7.03. The second-order valence-electron chi connectivity index (χ2n) is 6.18. The summed E-state index contributed by atoms with van der Waals surface area (Å²) in [4.78, 5) is 41.6. The molecule has 0 fully saturated rings. The highest BCUT2D eigenvalue weighted by Gasteiger charge is 2.17. The van der Waals surface area contributed by atoms with Crippen molar-refractivity contribution in [2.75, 3.05) is 5.32 Å². The summed E-state index contributed by atoms with van der Waals surface area (Å²) in [5.74, 6) is -0.483. The lowest BCUT2D eigenvalue weighted by molar-refractivity contribution is -0.116. The van der Waals surface area contributed by atoms with Crippen LogP contribution in [0.15, 0.2) is 45.6 Å². The van der Waals surface area contributed by atoms with Crippen LogP contribution in [-0.4, -0.2) is 34.2 Å². The maximum absolute atomic E-state index is 12.6. The summed E-state index contributed by atoms with van der Waals surface area (Å²) in [5, 5.41) is 8.50. The van der Waals surface area contributed by atoms with Crippen LogP contribution < -0.4 is 16.6 Å². The minimum absolute atomic E-state index is 0.260. The SMILES string of the molecule is Cn1cnc2c1c(=O)n(CC(=O)Nc1ccc(-c3csnn3)cc1)c(=O)n2C. The zero-order chi connectivity index (χ0) is 19.8. The van der Waals surface area contributed by atoms with Gasteiger partial charge in [0.1, 0.15) is 12.2 Å². The number of nitrogens with one attached hydrogen (secondary N) is 1. The molecule has 0 aliphatic rings. The molecule has 28 heavy (non-hydrogen) atoms. The van der Waals surface area contributed by atoms with Gasteiger partial charge in [0.25, 0.3) is 5.56 Å². The molecule has 0 aliphatic heterocycles. The molecule has 4 rings (SSSR count). The van der Waals surface area contributed by atoms with Crippen LogP contribution in [0, 0.1) is 0 Å². The number of imidazole rings is 1. The van der Waals surface area contributed by atoms with Crippen LogP contribution in [0.1, 0.15) is 0 Å². The molecule has 0 unspecified atom stereocenters. The van der Waals surface area contributed by atoms with Crippen LogP contribution in [0.25, 0.3) is 22.4 Å². The van der Waals surface area contributed by atoms with Crippen molar-refractivity contribution in [3.05, 3.63) is 56.8 Å². The molecule has 0 atom stereocenters. The topological polar surface area (TPSA) is 117 Å². The summed E-state index contributed by atoms with van der Waals surface area (Å²) in [6, 6.07) is 7.05. The van der Waals surface area contributed by atoms with Gasteiger partial charge in [-0.05, 0) is 23.7 Å². The molecule has 0 aliphatic carbocycles. The number of nitrogens with zero attached hydrogens (tertiary/aromatic N) is 6. The summed E-state index contributed by atoms with van der Waals surface area (Å²) >= 11 is 1.26. The number of hydrogen-bond donors (Lipinski definition) is 1. The second kappa shape index (κ2) is 6.85. The zero-order valence-electron chi connectivity index (χ0n) is 15.0. The molecule has 0 bridgehead atoms. The van der Waals surface area contributed by atoms with Gasteiger partial charge in [0.15, 0.2) is 11.2 Å². The molecule has 0 saturated carbocycles. The Hall–Kier alpha value is -3.60. The average Bonchev–Trinajstić information content (AvgIpc) is 3.34. The molecule has 0 radical (unpaired) electrons. The molecule has 1 amide bonds. The van der Waals surface area contributed by atoms with E-state index in [9.17, 15) is 14.4 Å². The standard InChI is InChI=1S/C17H15N7O3S/c1-22-9-18-15-14(22)16(26)24(17(27)23(15)2)7-13(25)19-11-5-3-10(4-6-11)12-8-28-21-20-12/h3-6,8-9H,7H2,1-2H3,(H,19,25). The number of rotatable bonds is 4. The van der Waals surface area contributed by atoms with Gasteiger partial charge in [0.05, 0.1) is 6.33 Å². The first-order valence-corrected chi connectivity index (χ1v) is 9.07. The summed E-state index contributed by atoms with van der Waals surface area (Å²) in [7, 11) is 3.17. The van der Waals surface area contributed by atoms with Gasteiger partial charge in [-0.25, -0.2) is 14.3 Å². The molecule has 10 nitrogen and oxygen atoms in total. The Labute approximate surface area is 161 Å². The predicted octanol–water partition coefficient (Wildman–Crippen LogP) is 0.591. The van der Waals surface area contributed by atoms with Gasteiger partial charge in [0.2, 0.25) is 5.91 Å². The highest BCUT2D eigenvalue weighted by Crippen LogP contribution is 2.20. The number of carbonyl (C=O) groups is 1. The van der Waals surface area contributed by atoms with E-state index in [1.807, 2.05) is 5.38 Å². The lowest BCUT2D eigenvalue weighted by Crippen LogP contribution is -2.42. The van der Waals surface area contributed by atoms with Crippen LogP contribution in [0.2, 0.25) is 0 Å². The maximum Gasteiger partial charge on any atom is 0.332 e. The van der Waals surface area contributed by atoms with Crippen LogP contribution in [0.3, 0.4) is 0 Å². The molecule has 1 aromatic carbocycles. The summed E-state index contributed by atoms with van der Waals surface area (Å²) in [5.41, 5.74) is 1.55. The van der Waals surface area contributed by atoms with Crippen molar-refractivity contribution < 1.29 is 4.79 Å². The fraction of sp³-hybridized carbons (Fsp3) is 0.176. The number of hydrogen-bond acceptors (Lipinski definition) is 7. The Morgan fingerprint density at radius 3 is 2.61 bits per heavy atom. The zero-order valence-corrected chi connectivity index (χ0v) is 15.8. The number of fused-ring (bicyclic) bond motifs is 1. The Morgan fingerprint density at radius 1 is 1.18 bits per heavy atom. The third kappa shape index (κ3) is 3.01. The fourth-order valence-corrected chi connectivity index (χ4v) is 3.36. The van der Waals surface area contributed by atoms with E-state index in [2.05, 4.69) is 19.9 Å². The van der Waals surface area contributed by atoms with Crippen molar-refractivity contribution in [3.63, 3.8) is 0 Å². The number of aromatic nitrogens is 6. The minimum Gasteiger partial charge on any atom is -0.328 e. The van der Waals surface area contributed by atoms with Gasteiger partial charge in [0, 0.05) is 30.7 Å². The van der Waals surface area contributed by atoms with E-state index in [1.165, 1.54) is 34.0 Å². The van der Waals surface area contributed by atoms with E-state index in [1.54, 1.807) is 31.3 Å². The van der Waals surface area contributed by atoms with Crippen LogP contribution >= 0.6 is 11.5 Å². The lowest BCUT2D eigenvalue weighted by Gasteiger charge is -2.09. The van der Waals surface area contributed by atoms with E-state index in [0.717, 1.165) is 15.8 Å². The quantitative estimate of drug-likeness (QED) is 0.539. The van der Waals surface area contributed by atoms with Crippen molar-refractivity contribution in [1.82, 2.24) is 28.3 Å². The highest BCUT2D eigenvalue weighted by atomic mass is 32.1. The van der Waals surface area contributed by atoms with Gasteiger partial charge in [-0.15, -0.1) is 5.10 Å². The van der Waals surface area contributed by atoms with Crippen molar-refractivity contribution in [2.24, 2.45) is 14.1 Å². The van der Waals surface area contributed by atoms with Gasteiger partial charge in [-0.1, -0.05) is 16.6 Å². The van der Waals surface area contributed by atoms with Crippen molar-refractivity contribution >= 4 is 34.3 Å². The Morgan fingerprint density at radius 2 is 1.93 bits per heavy atom. The van der Waals surface area contributed by atoms with Crippen LogP contribution in [0.5, 0.6) is 0 Å². The largest absolute Gasteiger partial charge is 0.332 e. The molecule has 3 heterocycles. The molecular weight excluding hydrogens is 382 g/mol. The van der Waals surface area contributed by atoms with E-state index in [0.29, 0.717) is 5.69 Å². The second-order valence-corrected chi connectivity index (χ2v) is 6.79. The van der Waals surface area contributed by atoms with E-state index < -0.39 is 23.7 Å². The Bertz CT molecular complexity index is 1280. The molecule has 11 heteroatoms. The van der Waals surface area contributed by atoms with E-state index >= 15 is 0 Å². The Kier molecular flexibility index (Phi) is 4.35.